The minimum Gasteiger partial charge on any atom is -0.313 e. The Kier molecular flexibility index (Phi) is 6.28. The minimum atomic E-state index is 0.483. The summed E-state index contributed by atoms with van der Waals surface area (Å²) < 4.78 is 0. The van der Waals surface area contributed by atoms with Crippen molar-refractivity contribution in [3.63, 3.8) is 0 Å². The lowest BCUT2D eigenvalue weighted by Gasteiger charge is -2.27. The van der Waals surface area contributed by atoms with Crippen molar-refractivity contribution in [2.45, 2.75) is 46.1 Å². The number of benzene rings is 1. The third-order valence-corrected chi connectivity index (χ3v) is 3.90. The van der Waals surface area contributed by atoms with Gasteiger partial charge in [-0.25, -0.2) is 0 Å². The largest absolute Gasteiger partial charge is 0.313 e. The Morgan fingerprint density at radius 2 is 1.65 bits per heavy atom. The molecule has 96 valence electrons. The molecule has 0 aliphatic rings. The Labute approximate surface area is 107 Å². The van der Waals surface area contributed by atoms with E-state index in [0.717, 1.165) is 5.92 Å². The zero-order valence-electron chi connectivity index (χ0n) is 11.7. The first-order valence-electron chi connectivity index (χ1n) is 6.95. The normalized spacial score (nSPS) is 14.9. The van der Waals surface area contributed by atoms with Gasteiger partial charge in [0.2, 0.25) is 0 Å². The molecule has 1 nitrogen and oxygen atoms in total. The van der Waals surface area contributed by atoms with Crippen molar-refractivity contribution in [3.8, 4) is 0 Å². The lowest BCUT2D eigenvalue weighted by Crippen LogP contribution is -2.25. The molecule has 0 radical (unpaired) electrons. The molecule has 0 saturated carbocycles. The molecular formula is C16H27N. The fourth-order valence-corrected chi connectivity index (χ4v) is 2.72. The summed E-state index contributed by atoms with van der Waals surface area (Å²) in [6.45, 7) is 6.97. The van der Waals surface area contributed by atoms with Crippen molar-refractivity contribution in [2.75, 3.05) is 7.05 Å². The van der Waals surface area contributed by atoms with E-state index in [1.54, 1.807) is 0 Å². The van der Waals surface area contributed by atoms with Crippen LogP contribution in [0.5, 0.6) is 0 Å². The molecular weight excluding hydrogens is 206 g/mol. The Morgan fingerprint density at radius 3 is 2.12 bits per heavy atom. The van der Waals surface area contributed by atoms with E-state index in [4.69, 9.17) is 0 Å². The zero-order valence-corrected chi connectivity index (χ0v) is 11.7. The van der Waals surface area contributed by atoms with Crippen LogP contribution in [0.4, 0.5) is 0 Å². The van der Waals surface area contributed by atoms with Crippen LogP contribution in [0, 0.1) is 11.8 Å². The summed E-state index contributed by atoms with van der Waals surface area (Å²) in [5.74, 6) is 1.55. The Hall–Kier alpha value is -0.820. The van der Waals surface area contributed by atoms with Gasteiger partial charge in [0.25, 0.3) is 0 Å². The molecule has 2 unspecified atom stereocenters. The third kappa shape index (κ3) is 4.16. The molecule has 0 amide bonds. The van der Waals surface area contributed by atoms with Gasteiger partial charge < -0.3 is 5.32 Å². The van der Waals surface area contributed by atoms with Crippen LogP contribution in [0.1, 0.15) is 51.6 Å². The molecule has 0 heterocycles. The average Bonchev–Trinajstić information content (AvgIpc) is 2.38. The molecule has 0 fully saturated rings. The van der Waals surface area contributed by atoms with E-state index in [1.165, 1.54) is 24.8 Å². The third-order valence-electron chi connectivity index (χ3n) is 3.90. The van der Waals surface area contributed by atoms with E-state index >= 15 is 0 Å². The van der Waals surface area contributed by atoms with Gasteiger partial charge in [-0.2, -0.15) is 0 Å². The molecule has 1 heteroatoms. The summed E-state index contributed by atoms with van der Waals surface area (Å²) in [7, 11) is 2.07. The highest BCUT2D eigenvalue weighted by Gasteiger charge is 2.19. The van der Waals surface area contributed by atoms with Crippen molar-refractivity contribution in [1.82, 2.24) is 5.32 Å². The van der Waals surface area contributed by atoms with E-state index in [-0.39, 0.29) is 0 Å². The van der Waals surface area contributed by atoms with Gasteiger partial charge >= 0.3 is 0 Å². The summed E-state index contributed by atoms with van der Waals surface area (Å²) in [6.07, 6.45) is 3.91. The number of hydrogen-bond acceptors (Lipinski definition) is 1. The maximum Gasteiger partial charge on any atom is 0.0343 e. The van der Waals surface area contributed by atoms with Crippen molar-refractivity contribution < 1.29 is 0 Å². The van der Waals surface area contributed by atoms with Gasteiger partial charge in [-0.1, -0.05) is 63.9 Å². The minimum absolute atomic E-state index is 0.483. The Morgan fingerprint density at radius 1 is 1.06 bits per heavy atom. The molecule has 1 aromatic rings. The van der Waals surface area contributed by atoms with Crippen LogP contribution in [-0.4, -0.2) is 7.05 Å². The molecule has 0 aliphatic carbocycles. The predicted molar refractivity (Wildman–Crippen MR) is 76.1 cm³/mol. The molecule has 0 aliphatic heterocycles. The summed E-state index contributed by atoms with van der Waals surface area (Å²) >= 11 is 0. The van der Waals surface area contributed by atoms with Crippen LogP contribution in [0.2, 0.25) is 0 Å². The first kappa shape index (κ1) is 14.2. The predicted octanol–water partition coefficient (Wildman–Crippen LogP) is 4.41. The molecule has 0 aromatic heterocycles. The van der Waals surface area contributed by atoms with Crippen LogP contribution in [0.3, 0.4) is 0 Å². The van der Waals surface area contributed by atoms with Gasteiger partial charge in [-0.3, -0.25) is 0 Å². The molecule has 2 atom stereocenters. The quantitative estimate of drug-likeness (QED) is 0.735. The molecule has 1 N–H and O–H groups in total. The van der Waals surface area contributed by atoms with Gasteiger partial charge in [-0.15, -0.1) is 0 Å². The van der Waals surface area contributed by atoms with Crippen LogP contribution < -0.4 is 5.32 Å². The molecule has 0 spiro atoms. The first-order chi connectivity index (χ1) is 8.22. The van der Waals surface area contributed by atoms with Gasteiger partial charge in [0.15, 0.2) is 0 Å². The highest BCUT2D eigenvalue weighted by Crippen LogP contribution is 2.29. The van der Waals surface area contributed by atoms with E-state index in [2.05, 4.69) is 63.5 Å². The molecule has 1 aromatic carbocycles. The fourth-order valence-electron chi connectivity index (χ4n) is 2.72. The highest BCUT2D eigenvalue weighted by atomic mass is 14.9. The first-order valence-corrected chi connectivity index (χ1v) is 6.95. The second kappa shape index (κ2) is 7.50. The number of rotatable bonds is 7. The van der Waals surface area contributed by atoms with E-state index < -0.39 is 0 Å². The monoisotopic (exact) mass is 233 g/mol. The van der Waals surface area contributed by atoms with Gasteiger partial charge in [0, 0.05) is 6.04 Å². The lowest BCUT2D eigenvalue weighted by molar-refractivity contribution is 0.308. The smallest absolute Gasteiger partial charge is 0.0343 e. The highest BCUT2D eigenvalue weighted by molar-refractivity contribution is 5.19. The number of hydrogen-bond donors (Lipinski definition) is 1. The standard InChI is InChI=1S/C16H27N/c1-5-14(6-2)12-13(3)16(17-4)15-10-8-7-9-11-15/h7-11,13-14,16-17H,5-6,12H2,1-4H3. The summed E-state index contributed by atoms with van der Waals surface area (Å²) in [5, 5.41) is 3.47. The molecule has 0 bridgehead atoms. The molecule has 1 rings (SSSR count). The van der Waals surface area contributed by atoms with Gasteiger partial charge in [-0.05, 0) is 30.9 Å². The SMILES string of the molecule is CCC(CC)CC(C)C(NC)c1ccccc1. The summed E-state index contributed by atoms with van der Waals surface area (Å²) in [5.41, 5.74) is 1.41. The van der Waals surface area contributed by atoms with Crippen molar-refractivity contribution in [1.29, 1.82) is 0 Å². The molecule has 17 heavy (non-hydrogen) atoms. The maximum absolute atomic E-state index is 3.47. The van der Waals surface area contributed by atoms with Crippen LogP contribution in [-0.2, 0) is 0 Å². The zero-order chi connectivity index (χ0) is 12.7. The number of nitrogens with one attached hydrogen (secondary N) is 1. The van der Waals surface area contributed by atoms with E-state index in [0.29, 0.717) is 12.0 Å². The average molecular weight is 233 g/mol. The van der Waals surface area contributed by atoms with E-state index in [9.17, 15) is 0 Å². The van der Waals surface area contributed by atoms with Crippen molar-refractivity contribution in [2.24, 2.45) is 11.8 Å². The second-order valence-electron chi connectivity index (χ2n) is 5.07. The van der Waals surface area contributed by atoms with Crippen molar-refractivity contribution in [3.05, 3.63) is 35.9 Å². The van der Waals surface area contributed by atoms with Crippen LogP contribution in [0.25, 0.3) is 0 Å². The fraction of sp³-hybridized carbons (Fsp3) is 0.625. The Bertz CT molecular complexity index is 290. The van der Waals surface area contributed by atoms with Crippen molar-refractivity contribution >= 4 is 0 Å². The Balaban J connectivity index is 2.67. The maximum atomic E-state index is 3.47. The van der Waals surface area contributed by atoms with Crippen LogP contribution in [0.15, 0.2) is 30.3 Å². The van der Waals surface area contributed by atoms with Gasteiger partial charge in [0.05, 0.1) is 0 Å². The topological polar surface area (TPSA) is 12.0 Å². The summed E-state index contributed by atoms with van der Waals surface area (Å²) in [6, 6.07) is 11.3. The lowest BCUT2D eigenvalue weighted by atomic mass is 9.84. The summed E-state index contributed by atoms with van der Waals surface area (Å²) in [4.78, 5) is 0. The second-order valence-corrected chi connectivity index (χ2v) is 5.07. The van der Waals surface area contributed by atoms with E-state index in [1.807, 2.05) is 0 Å². The van der Waals surface area contributed by atoms with Gasteiger partial charge in [0.1, 0.15) is 0 Å². The van der Waals surface area contributed by atoms with Crippen LogP contribution >= 0.6 is 0 Å². The molecule has 0 saturated heterocycles.